The largest absolute Gasteiger partial charge is 0.380 e. The third-order valence-corrected chi connectivity index (χ3v) is 4.89. The molecule has 0 bridgehead atoms. The highest BCUT2D eigenvalue weighted by Crippen LogP contribution is 2.19. The zero-order valence-corrected chi connectivity index (χ0v) is 12.9. The molecule has 0 aliphatic rings. The molecular weight excluding hydrogens is 264 g/mol. The Hall–Kier alpha value is -1.11. The van der Waals surface area contributed by atoms with E-state index in [2.05, 4.69) is 5.32 Å². The fourth-order valence-corrected chi connectivity index (χ4v) is 2.49. The van der Waals surface area contributed by atoms with E-state index in [4.69, 9.17) is 4.74 Å². The first-order chi connectivity index (χ1) is 8.78. The molecule has 19 heavy (non-hydrogen) atoms. The monoisotopic (exact) mass is 286 g/mol. The zero-order valence-electron chi connectivity index (χ0n) is 12.0. The molecule has 0 fully saturated rings. The molecule has 0 saturated heterocycles. The molecule has 1 aromatic carbocycles. The summed E-state index contributed by atoms with van der Waals surface area (Å²) in [6.07, 6.45) is 0.0362. The number of methoxy groups -OCH3 is 1. The standard InChI is InChI=1S/C13H22N2O3S/c1-10(11(2)18-5)14-12-7-6-8-13(9-12)19(16,17)15(3)4/h6-11,14H,1-5H3. The van der Waals surface area contributed by atoms with Crippen LogP contribution < -0.4 is 5.32 Å². The Morgan fingerprint density at radius 1 is 1.26 bits per heavy atom. The van der Waals surface area contributed by atoms with Crippen LogP contribution in [0.15, 0.2) is 29.2 Å². The molecule has 2 atom stereocenters. The van der Waals surface area contributed by atoms with Crippen LogP contribution in [-0.2, 0) is 14.8 Å². The lowest BCUT2D eigenvalue weighted by Gasteiger charge is -2.21. The fourth-order valence-electron chi connectivity index (χ4n) is 1.54. The van der Waals surface area contributed by atoms with Crippen LogP contribution in [0, 0.1) is 0 Å². The summed E-state index contributed by atoms with van der Waals surface area (Å²) in [5.41, 5.74) is 0.763. The maximum atomic E-state index is 12.0. The molecule has 1 aromatic rings. The van der Waals surface area contributed by atoms with Crippen LogP contribution in [0.1, 0.15) is 13.8 Å². The van der Waals surface area contributed by atoms with Crippen molar-refractivity contribution in [1.29, 1.82) is 0 Å². The topological polar surface area (TPSA) is 58.6 Å². The highest BCUT2D eigenvalue weighted by Gasteiger charge is 2.18. The van der Waals surface area contributed by atoms with Crippen molar-refractivity contribution in [2.45, 2.75) is 30.9 Å². The summed E-state index contributed by atoms with van der Waals surface area (Å²) in [7, 11) is 1.29. The predicted molar refractivity (Wildman–Crippen MR) is 76.9 cm³/mol. The lowest BCUT2D eigenvalue weighted by atomic mass is 10.2. The van der Waals surface area contributed by atoms with E-state index in [9.17, 15) is 8.42 Å². The van der Waals surface area contributed by atoms with Gasteiger partial charge in [-0.1, -0.05) is 6.07 Å². The van der Waals surface area contributed by atoms with Gasteiger partial charge in [0.05, 0.1) is 11.0 Å². The molecule has 0 amide bonds. The van der Waals surface area contributed by atoms with E-state index in [1.807, 2.05) is 19.9 Å². The maximum absolute atomic E-state index is 12.0. The van der Waals surface area contributed by atoms with Crippen LogP contribution in [-0.4, -0.2) is 46.1 Å². The van der Waals surface area contributed by atoms with Crippen LogP contribution in [0.5, 0.6) is 0 Å². The molecule has 6 heteroatoms. The van der Waals surface area contributed by atoms with Crippen molar-refractivity contribution in [2.75, 3.05) is 26.5 Å². The number of hydrogen-bond donors (Lipinski definition) is 1. The lowest BCUT2D eigenvalue weighted by molar-refractivity contribution is 0.106. The Morgan fingerprint density at radius 3 is 2.42 bits per heavy atom. The molecule has 0 aliphatic carbocycles. The minimum atomic E-state index is -3.40. The SMILES string of the molecule is COC(C)C(C)Nc1cccc(S(=O)(=O)N(C)C)c1. The highest BCUT2D eigenvalue weighted by molar-refractivity contribution is 7.89. The van der Waals surface area contributed by atoms with Gasteiger partial charge in [-0.2, -0.15) is 0 Å². The van der Waals surface area contributed by atoms with Gasteiger partial charge in [0.15, 0.2) is 0 Å². The number of rotatable bonds is 6. The van der Waals surface area contributed by atoms with E-state index in [1.54, 1.807) is 25.3 Å². The number of sulfonamides is 1. The van der Waals surface area contributed by atoms with Gasteiger partial charge < -0.3 is 10.1 Å². The van der Waals surface area contributed by atoms with Crippen LogP contribution in [0.25, 0.3) is 0 Å². The Bertz CT molecular complexity index is 514. The minimum Gasteiger partial charge on any atom is -0.380 e. The maximum Gasteiger partial charge on any atom is 0.242 e. The summed E-state index contributed by atoms with van der Waals surface area (Å²) in [6, 6.07) is 6.87. The van der Waals surface area contributed by atoms with Gasteiger partial charge in [0.1, 0.15) is 0 Å². The zero-order chi connectivity index (χ0) is 14.6. The smallest absolute Gasteiger partial charge is 0.242 e. The highest BCUT2D eigenvalue weighted by atomic mass is 32.2. The van der Waals surface area contributed by atoms with Crippen molar-refractivity contribution in [3.8, 4) is 0 Å². The minimum absolute atomic E-state index is 0.0362. The summed E-state index contributed by atoms with van der Waals surface area (Å²) >= 11 is 0. The average molecular weight is 286 g/mol. The first-order valence-corrected chi connectivity index (χ1v) is 7.55. The summed E-state index contributed by atoms with van der Waals surface area (Å²) in [4.78, 5) is 0.278. The molecule has 0 heterocycles. The van der Waals surface area contributed by atoms with E-state index in [0.29, 0.717) is 0 Å². The van der Waals surface area contributed by atoms with Gasteiger partial charge in [0.25, 0.3) is 0 Å². The number of anilines is 1. The second-order valence-electron chi connectivity index (χ2n) is 4.69. The van der Waals surface area contributed by atoms with Gasteiger partial charge in [-0.3, -0.25) is 0 Å². The van der Waals surface area contributed by atoms with Gasteiger partial charge in [0.2, 0.25) is 10.0 Å². The van der Waals surface area contributed by atoms with E-state index < -0.39 is 10.0 Å². The van der Waals surface area contributed by atoms with Crippen molar-refractivity contribution in [3.05, 3.63) is 24.3 Å². The number of benzene rings is 1. The van der Waals surface area contributed by atoms with Crippen LogP contribution in [0.4, 0.5) is 5.69 Å². The van der Waals surface area contributed by atoms with E-state index >= 15 is 0 Å². The lowest BCUT2D eigenvalue weighted by Crippen LogP contribution is -2.29. The van der Waals surface area contributed by atoms with Crippen LogP contribution in [0.3, 0.4) is 0 Å². The molecule has 0 spiro atoms. The normalized spacial score (nSPS) is 15.3. The van der Waals surface area contributed by atoms with Crippen molar-refractivity contribution >= 4 is 15.7 Å². The summed E-state index contributed by atoms with van der Waals surface area (Å²) in [5, 5.41) is 3.24. The van der Waals surface area contributed by atoms with Crippen molar-refractivity contribution in [2.24, 2.45) is 0 Å². The molecule has 0 saturated carbocycles. The molecule has 1 N–H and O–H groups in total. The Labute approximate surface area is 115 Å². The second kappa shape index (κ2) is 6.36. The van der Waals surface area contributed by atoms with Gasteiger partial charge in [-0.05, 0) is 32.0 Å². The van der Waals surface area contributed by atoms with Crippen molar-refractivity contribution in [1.82, 2.24) is 4.31 Å². The first kappa shape index (κ1) is 15.9. The van der Waals surface area contributed by atoms with E-state index in [0.717, 1.165) is 5.69 Å². The van der Waals surface area contributed by atoms with E-state index in [1.165, 1.54) is 18.4 Å². The van der Waals surface area contributed by atoms with Gasteiger partial charge in [0, 0.05) is 32.9 Å². The summed E-state index contributed by atoms with van der Waals surface area (Å²) < 4.78 is 30.5. The third kappa shape index (κ3) is 3.92. The summed E-state index contributed by atoms with van der Waals surface area (Å²) in [5.74, 6) is 0. The van der Waals surface area contributed by atoms with Gasteiger partial charge in [-0.25, -0.2) is 12.7 Å². The average Bonchev–Trinajstić information content (AvgIpc) is 2.37. The van der Waals surface area contributed by atoms with Crippen LogP contribution in [0.2, 0.25) is 0 Å². The molecule has 0 aromatic heterocycles. The van der Waals surface area contributed by atoms with Gasteiger partial charge >= 0.3 is 0 Å². The molecule has 0 aliphatic heterocycles. The molecule has 1 rings (SSSR count). The van der Waals surface area contributed by atoms with Gasteiger partial charge in [-0.15, -0.1) is 0 Å². The quantitative estimate of drug-likeness (QED) is 0.866. The Balaban J connectivity index is 2.96. The second-order valence-corrected chi connectivity index (χ2v) is 6.84. The number of nitrogens with one attached hydrogen (secondary N) is 1. The van der Waals surface area contributed by atoms with E-state index in [-0.39, 0.29) is 17.0 Å². The first-order valence-electron chi connectivity index (χ1n) is 6.11. The predicted octanol–water partition coefficient (Wildman–Crippen LogP) is 1.77. The Morgan fingerprint density at radius 2 is 1.89 bits per heavy atom. The Kier molecular flexibility index (Phi) is 5.34. The molecule has 2 unspecified atom stereocenters. The molecule has 108 valence electrons. The number of ether oxygens (including phenoxy) is 1. The molecular formula is C13H22N2O3S. The van der Waals surface area contributed by atoms with Crippen LogP contribution >= 0.6 is 0 Å². The third-order valence-electron chi connectivity index (χ3n) is 3.08. The molecule has 5 nitrogen and oxygen atoms in total. The number of nitrogens with zero attached hydrogens (tertiary/aromatic N) is 1. The fraction of sp³-hybridized carbons (Fsp3) is 0.538. The molecule has 0 radical (unpaired) electrons. The number of hydrogen-bond acceptors (Lipinski definition) is 4. The van der Waals surface area contributed by atoms with Crippen molar-refractivity contribution < 1.29 is 13.2 Å². The van der Waals surface area contributed by atoms with Crippen molar-refractivity contribution in [3.63, 3.8) is 0 Å². The summed E-state index contributed by atoms with van der Waals surface area (Å²) in [6.45, 7) is 3.94.